The Balaban J connectivity index is 1.63. The molecule has 0 saturated heterocycles. The second kappa shape index (κ2) is 8.83. The summed E-state index contributed by atoms with van der Waals surface area (Å²) in [5, 5.41) is 5.32. The number of benzene rings is 2. The predicted molar refractivity (Wildman–Crippen MR) is 109 cm³/mol. The van der Waals surface area contributed by atoms with Crippen LogP contribution in [0.25, 0.3) is 0 Å². The molecule has 0 spiro atoms. The molecule has 0 bridgehead atoms. The number of nitrogens with zero attached hydrogens (tertiary/aromatic N) is 1. The number of aryl methyl sites for hydroxylation is 1. The van der Waals surface area contributed by atoms with Gasteiger partial charge in [0.1, 0.15) is 5.82 Å². The van der Waals surface area contributed by atoms with E-state index in [0.29, 0.717) is 12.2 Å². The lowest BCUT2D eigenvalue weighted by molar-refractivity contribution is 0.251. The van der Waals surface area contributed by atoms with Gasteiger partial charge in [0.25, 0.3) is 0 Å². The molecule has 2 aromatic carbocycles. The average molecular weight is 413 g/mol. The van der Waals surface area contributed by atoms with Crippen LogP contribution >= 0.6 is 0 Å². The highest BCUT2D eigenvalue weighted by atomic mass is 32.2. The van der Waals surface area contributed by atoms with E-state index in [1.54, 1.807) is 31.5 Å². The number of pyridine rings is 1. The van der Waals surface area contributed by atoms with E-state index in [0.717, 1.165) is 11.1 Å². The molecule has 0 saturated carbocycles. The van der Waals surface area contributed by atoms with Crippen LogP contribution < -0.4 is 10.6 Å². The fraction of sp³-hybridized carbons (Fsp3) is 0.143. The van der Waals surface area contributed by atoms with Crippen LogP contribution in [-0.2, 0) is 22.1 Å². The van der Waals surface area contributed by atoms with Crippen LogP contribution in [0.5, 0.6) is 0 Å². The summed E-state index contributed by atoms with van der Waals surface area (Å²) in [5.41, 5.74) is 2.21. The Labute approximate surface area is 168 Å². The van der Waals surface area contributed by atoms with Crippen LogP contribution in [0.2, 0.25) is 0 Å². The Bertz CT molecular complexity index is 1100. The fourth-order valence-electron chi connectivity index (χ4n) is 2.71. The third kappa shape index (κ3) is 5.61. The maximum absolute atomic E-state index is 13.9. The van der Waals surface area contributed by atoms with Gasteiger partial charge in [-0.3, -0.25) is 4.98 Å². The number of hydrogen-bond acceptors (Lipinski definition) is 4. The first kappa shape index (κ1) is 20.5. The van der Waals surface area contributed by atoms with Crippen LogP contribution in [0.1, 0.15) is 16.7 Å². The van der Waals surface area contributed by atoms with Gasteiger partial charge in [0.2, 0.25) is 0 Å². The lowest BCUT2D eigenvalue weighted by Gasteiger charge is -2.10. The Hall–Kier alpha value is -3.26. The molecule has 1 heterocycles. The van der Waals surface area contributed by atoms with Gasteiger partial charge in [0.15, 0.2) is 9.84 Å². The van der Waals surface area contributed by atoms with Crippen molar-refractivity contribution in [3.63, 3.8) is 0 Å². The standard InChI is InChI=1S/C21H20FN3O3S/c1-15-4-9-20(22)17(11-15)14-29(27,28)19-7-5-18(6-8-19)25-21(26)24-13-16-3-2-10-23-12-16/h2-12H,13-14H2,1H3,(H2,24,25,26). The number of amides is 2. The van der Waals surface area contributed by atoms with E-state index in [9.17, 15) is 17.6 Å². The summed E-state index contributed by atoms with van der Waals surface area (Å²) >= 11 is 0. The van der Waals surface area contributed by atoms with Crippen molar-refractivity contribution in [2.45, 2.75) is 24.1 Å². The molecule has 8 heteroatoms. The molecule has 2 N–H and O–H groups in total. The highest BCUT2D eigenvalue weighted by Gasteiger charge is 2.18. The Morgan fingerprint density at radius 3 is 2.55 bits per heavy atom. The molecule has 29 heavy (non-hydrogen) atoms. The monoisotopic (exact) mass is 413 g/mol. The van der Waals surface area contributed by atoms with Crippen molar-refractivity contribution in [3.8, 4) is 0 Å². The van der Waals surface area contributed by atoms with Crippen LogP contribution in [0.15, 0.2) is 71.9 Å². The highest BCUT2D eigenvalue weighted by Crippen LogP contribution is 2.21. The van der Waals surface area contributed by atoms with Gasteiger partial charge in [0, 0.05) is 30.2 Å². The Morgan fingerprint density at radius 1 is 1.10 bits per heavy atom. The van der Waals surface area contributed by atoms with E-state index in [1.165, 1.54) is 36.4 Å². The topological polar surface area (TPSA) is 88.2 Å². The summed E-state index contributed by atoms with van der Waals surface area (Å²) in [6.45, 7) is 2.09. The second-order valence-electron chi connectivity index (χ2n) is 6.55. The number of anilines is 1. The Kier molecular flexibility index (Phi) is 6.23. The van der Waals surface area contributed by atoms with E-state index >= 15 is 0 Å². The van der Waals surface area contributed by atoms with E-state index in [1.807, 2.05) is 6.07 Å². The second-order valence-corrected chi connectivity index (χ2v) is 8.54. The molecule has 150 valence electrons. The first-order valence-electron chi connectivity index (χ1n) is 8.85. The van der Waals surface area contributed by atoms with E-state index in [-0.39, 0.29) is 10.5 Å². The molecule has 0 atom stereocenters. The zero-order chi connectivity index (χ0) is 20.9. The van der Waals surface area contributed by atoms with Crippen LogP contribution in [0.4, 0.5) is 14.9 Å². The first-order valence-corrected chi connectivity index (χ1v) is 10.5. The van der Waals surface area contributed by atoms with Gasteiger partial charge in [-0.2, -0.15) is 0 Å². The number of rotatable bonds is 6. The number of aromatic nitrogens is 1. The fourth-order valence-corrected chi connectivity index (χ4v) is 4.06. The lowest BCUT2D eigenvalue weighted by Crippen LogP contribution is -2.28. The average Bonchev–Trinajstić information content (AvgIpc) is 2.70. The van der Waals surface area contributed by atoms with E-state index < -0.39 is 27.4 Å². The van der Waals surface area contributed by atoms with Crippen molar-refractivity contribution in [1.82, 2.24) is 10.3 Å². The molecule has 0 aliphatic rings. The van der Waals surface area contributed by atoms with Crippen LogP contribution in [0.3, 0.4) is 0 Å². The Morgan fingerprint density at radius 2 is 1.86 bits per heavy atom. The van der Waals surface area contributed by atoms with Gasteiger partial charge in [-0.25, -0.2) is 17.6 Å². The minimum Gasteiger partial charge on any atom is -0.334 e. The smallest absolute Gasteiger partial charge is 0.319 e. The largest absolute Gasteiger partial charge is 0.334 e. The third-order valence-corrected chi connectivity index (χ3v) is 5.88. The summed E-state index contributed by atoms with van der Waals surface area (Å²) in [6, 6.07) is 13.3. The van der Waals surface area contributed by atoms with Gasteiger partial charge in [-0.1, -0.05) is 23.8 Å². The lowest BCUT2D eigenvalue weighted by atomic mass is 10.1. The number of halogens is 1. The van der Waals surface area contributed by atoms with Crippen molar-refractivity contribution < 1.29 is 17.6 Å². The van der Waals surface area contributed by atoms with Gasteiger partial charge in [0.05, 0.1) is 10.6 Å². The minimum absolute atomic E-state index is 0.0553. The van der Waals surface area contributed by atoms with Gasteiger partial charge >= 0.3 is 6.03 Å². The maximum Gasteiger partial charge on any atom is 0.319 e. The van der Waals surface area contributed by atoms with Crippen molar-refractivity contribution in [1.29, 1.82) is 0 Å². The van der Waals surface area contributed by atoms with Crippen molar-refractivity contribution in [3.05, 3.63) is 89.5 Å². The quantitative estimate of drug-likeness (QED) is 0.643. The molecule has 6 nitrogen and oxygen atoms in total. The molecule has 0 radical (unpaired) electrons. The summed E-state index contributed by atoms with van der Waals surface area (Å²) in [7, 11) is -3.72. The summed E-state index contributed by atoms with van der Waals surface area (Å²) in [4.78, 5) is 16.0. The number of urea groups is 1. The first-order chi connectivity index (χ1) is 13.8. The number of sulfone groups is 1. The van der Waals surface area contributed by atoms with E-state index in [2.05, 4.69) is 15.6 Å². The SMILES string of the molecule is Cc1ccc(F)c(CS(=O)(=O)c2ccc(NC(=O)NCc3cccnc3)cc2)c1. The summed E-state index contributed by atoms with van der Waals surface area (Å²) < 4.78 is 39.1. The van der Waals surface area contributed by atoms with Crippen LogP contribution in [-0.4, -0.2) is 19.4 Å². The molecule has 1 aromatic heterocycles. The summed E-state index contributed by atoms with van der Waals surface area (Å²) in [6.07, 6.45) is 3.30. The number of nitrogens with one attached hydrogen (secondary N) is 2. The van der Waals surface area contributed by atoms with Crippen LogP contribution in [0, 0.1) is 12.7 Å². The van der Waals surface area contributed by atoms with E-state index in [4.69, 9.17) is 0 Å². The highest BCUT2D eigenvalue weighted by molar-refractivity contribution is 7.90. The molecular formula is C21H20FN3O3S. The van der Waals surface area contributed by atoms with Crippen molar-refractivity contribution >= 4 is 21.6 Å². The van der Waals surface area contributed by atoms with Gasteiger partial charge < -0.3 is 10.6 Å². The minimum atomic E-state index is -3.72. The number of carbonyl (C=O) groups excluding carboxylic acids is 1. The zero-order valence-electron chi connectivity index (χ0n) is 15.7. The van der Waals surface area contributed by atoms with Gasteiger partial charge in [-0.15, -0.1) is 0 Å². The van der Waals surface area contributed by atoms with Crippen molar-refractivity contribution in [2.75, 3.05) is 5.32 Å². The van der Waals surface area contributed by atoms with Gasteiger partial charge in [-0.05, 0) is 48.9 Å². The number of hydrogen-bond donors (Lipinski definition) is 2. The van der Waals surface area contributed by atoms with Crippen molar-refractivity contribution in [2.24, 2.45) is 0 Å². The maximum atomic E-state index is 13.9. The predicted octanol–water partition coefficient (Wildman–Crippen LogP) is 3.82. The zero-order valence-corrected chi connectivity index (χ0v) is 16.5. The molecule has 0 unspecified atom stereocenters. The third-order valence-electron chi connectivity index (χ3n) is 4.19. The molecule has 0 fully saturated rings. The molecule has 3 aromatic rings. The number of carbonyl (C=O) groups is 1. The molecule has 3 rings (SSSR count). The normalized spacial score (nSPS) is 11.1. The summed E-state index contributed by atoms with van der Waals surface area (Å²) in [5.74, 6) is -0.985. The molecule has 0 aliphatic carbocycles. The molecule has 0 aliphatic heterocycles. The molecular weight excluding hydrogens is 393 g/mol. The molecule has 2 amide bonds.